The summed E-state index contributed by atoms with van der Waals surface area (Å²) >= 11 is 0. The van der Waals surface area contributed by atoms with Gasteiger partial charge in [-0.25, -0.2) is 0 Å². The summed E-state index contributed by atoms with van der Waals surface area (Å²) in [6.45, 7) is 7.81. The molecule has 0 radical (unpaired) electrons. The second kappa shape index (κ2) is 9.56. The Balaban J connectivity index is 1.91. The third-order valence-electron chi connectivity index (χ3n) is 4.84. The van der Waals surface area contributed by atoms with Gasteiger partial charge in [0.15, 0.2) is 5.65 Å². The van der Waals surface area contributed by atoms with Gasteiger partial charge in [-0.05, 0) is 50.0 Å². The number of nitrogen functional groups attached to an aromatic ring is 1. The Morgan fingerprint density at radius 3 is 2.76 bits per heavy atom. The molecule has 156 valence electrons. The molecule has 1 aromatic carbocycles. The van der Waals surface area contributed by atoms with Crippen molar-refractivity contribution in [2.24, 2.45) is 0 Å². The lowest BCUT2D eigenvalue weighted by atomic mass is 10.1. The molecule has 0 saturated heterocycles. The maximum Gasteiger partial charge on any atom is 0.322 e. The van der Waals surface area contributed by atoms with E-state index in [1.807, 2.05) is 37.5 Å². The molecule has 1 unspecified atom stereocenters. The van der Waals surface area contributed by atoms with Crippen molar-refractivity contribution in [1.29, 1.82) is 0 Å². The van der Waals surface area contributed by atoms with Gasteiger partial charge in [-0.1, -0.05) is 32.9 Å². The highest BCUT2D eigenvalue weighted by Crippen LogP contribution is 2.24. The fourth-order valence-corrected chi connectivity index (χ4v) is 3.13. The monoisotopic (exact) mass is 397 g/mol. The molecule has 2 aromatic heterocycles. The molecule has 8 nitrogen and oxygen atoms in total. The lowest BCUT2D eigenvalue weighted by Crippen LogP contribution is -2.23. The molecule has 0 aliphatic carbocycles. The highest BCUT2D eigenvalue weighted by molar-refractivity contribution is 5.53. The van der Waals surface area contributed by atoms with Crippen LogP contribution in [0.1, 0.15) is 50.7 Å². The molecule has 0 fully saturated rings. The molecule has 0 bridgehead atoms. The minimum Gasteiger partial charge on any atom is -0.460 e. The van der Waals surface area contributed by atoms with E-state index in [0.717, 1.165) is 41.8 Å². The fraction of sp³-hybridized carbons (Fsp3) is 0.476. The van der Waals surface area contributed by atoms with E-state index in [2.05, 4.69) is 46.5 Å². The minimum atomic E-state index is 0.0529. The zero-order valence-electron chi connectivity index (χ0n) is 17.6. The van der Waals surface area contributed by atoms with Crippen LogP contribution in [0.3, 0.4) is 0 Å². The van der Waals surface area contributed by atoms with Crippen LogP contribution < -0.4 is 21.1 Å². The molecule has 0 amide bonds. The largest absolute Gasteiger partial charge is 0.460 e. The van der Waals surface area contributed by atoms with E-state index < -0.39 is 0 Å². The summed E-state index contributed by atoms with van der Waals surface area (Å²) in [6.07, 6.45) is 3.68. The van der Waals surface area contributed by atoms with Crippen molar-refractivity contribution in [1.82, 2.24) is 24.9 Å². The van der Waals surface area contributed by atoms with Crippen molar-refractivity contribution in [3.8, 4) is 6.01 Å². The molecule has 0 spiro atoms. The second-order valence-corrected chi connectivity index (χ2v) is 7.46. The zero-order chi connectivity index (χ0) is 20.8. The van der Waals surface area contributed by atoms with Crippen LogP contribution in [-0.4, -0.2) is 39.3 Å². The number of nitrogens with zero attached hydrogens (tertiary/aromatic N) is 4. The molecule has 0 saturated carbocycles. The molecule has 2 heterocycles. The topological polar surface area (TPSA) is 102 Å². The van der Waals surface area contributed by atoms with Gasteiger partial charge in [0, 0.05) is 17.8 Å². The van der Waals surface area contributed by atoms with Crippen molar-refractivity contribution in [3.05, 3.63) is 41.6 Å². The van der Waals surface area contributed by atoms with Crippen molar-refractivity contribution in [2.75, 3.05) is 24.6 Å². The SMILES string of the molecule is CCC(CCNC)Oc1nc(NCc2cccc(N)c2)n2ncc(C(C)C)c2n1. The van der Waals surface area contributed by atoms with Gasteiger partial charge < -0.3 is 21.1 Å². The van der Waals surface area contributed by atoms with Crippen LogP contribution in [0.5, 0.6) is 6.01 Å². The van der Waals surface area contributed by atoms with Gasteiger partial charge in [-0.3, -0.25) is 0 Å². The van der Waals surface area contributed by atoms with Crippen LogP contribution in [0.4, 0.5) is 11.6 Å². The van der Waals surface area contributed by atoms with Crippen molar-refractivity contribution in [3.63, 3.8) is 0 Å². The van der Waals surface area contributed by atoms with Gasteiger partial charge in [0.25, 0.3) is 0 Å². The van der Waals surface area contributed by atoms with Crippen LogP contribution >= 0.6 is 0 Å². The maximum absolute atomic E-state index is 6.13. The number of aromatic nitrogens is 4. The highest BCUT2D eigenvalue weighted by atomic mass is 16.5. The average molecular weight is 398 g/mol. The summed E-state index contributed by atoms with van der Waals surface area (Å²) in [5, 5.41) is 11.0. The first-order chi connectivity index (χ1) is 14.0. The summed E-state index contributed by atoms with van der Waals surface area (Å²) in [5.74, 6) is 0.895. The number of benzene rings is 1. The molecular weight excluding hydrogens is 366 g/mol. The third-order valence-corrected chi connectivity index (χ3v) is 4.84. The number of nitrogens with one attached hydrogen (secondary N) is 2. The Morgan fingerprint density at radius 2 is 2.07 bits per heavy atom. The first kappa shape index (κ1) is 20.9. The van der Waals surface area contributed by atoms with Gasteiger partial charge in [0.05, 0.1) is 6.20 Å². The molecule has 1 atom stereocenters. The summed E-state index contributed by atoms with van der Waals surface area (Å²) in [4.78, 5) is 9.28. The van der Waals surface area contributed by atoms with Gasteiger partial charge >= 0.3 is 6.01 Å². The van der Waals surface area contributed by atoms with E-state index in [0.29, 0.717) is 24.4 Å². The molecule has 29 heavy (non-hydrogen) atoms. The maximum atomic E-state index is 6.13. The van der Waals surface area contributed by atoms with Crippen LogP contribution in [0.15, 0.2) is 30.5 Å². The Bertz CT molecular complexity index is 938. The van der Waals surface area contributed by atoms with E-state index in [9.17, 15) is 0 Å². The number of hydrogen-bond donors (Lipinski definition) is 3. The summed E-state index contributed by atoms with van der Waals surface area (Å²) in [6, 6.07) is 8.15. The minimum absolute atomic E-state index is 0.0529. The van der Waals surface area contributed by atoms with E-state index in [1.165, 1.54) is 0 Å². The van der Waals surface area contributed by atoms with Gasteiger partial charge in [-0.2, -0.15) is 19.6 Å². The predicted molar refractivity (Wildman–Crippen MR) is 116 cm³/mol. The highest BCUT2D eigenvalue weighted by Gasteiger charge is 2.18. The number of hydrogen-bond acceptors (Lipinski definition) is 7. The van der Waals surface area contributed by atoms with E-state index in [-0.39, 0.29) is 6.10 Å². The Labute approximate surface area is 171 Å². The van der Waals surface area contributed by atoms with Crippen LogP contribution in [0.25, 0.3) is 5.65 Å². The Hall–Kier alpha value is -2.87. The molecule has 4 N–H and O–H groups in total. The fourth-order valence-electron chi connectivity index (χ4n) is 3.13. The number of ether oxygens (including phenoxy) is 1. The number of anilines is 2. The molecule has 3 aromatic rings. The standard InChI is InChI=1S/C21H31N7O/c1-5-17(9-10-23-4)29-21-26-19-18(14(2)3)13-25-28(19)20(27-21)24-12-15-7-6-8-16(22)11-15/h6-8,11,13-14,17,23H,5,9-10,12,22H2,1-4H3,(H,24,26,27). The molecule has 0 aliphatic heterocycles. The first-order valence-electron chi connectivity index (χ1n) is 10.2. The van der Waals surface area contributed by atoms with Crippen LogP contribution in [0.2, 0.25) is 0 Å². The predicted octanol–water partition coefficient (Wildman–Crippen LogP) is 3.21. The number of nitrogens with two attached hydrogens (primary N) is 1. The van der Waals surface area contributed by atoms with Crippen molar-refractivity contribution >= 4 is 17.3 Å². The number of rotatable bonds is 10. The smallest absolute Gasteiger partial charge is 0.322 e. The van der Waals surface area contributed by atoms with Gasteiger partial charge in [0.1, 0.15) is 6.10 Å². The quantitative estimate of drug-likeness (QED) is 0.451. The van der Waals surface area contributed by atoms with Crippen LogP contribution in [0, 0.1) is 0 Å². The second-order valence-electron chi connectivity index (χ2n) is 7.46. The first-order valence-corrected chi connectivity index (χ1v) is 10.2. The van der Waals surface area contributed by atoms with Crippen molar-refractivity contribution in [2.45, 2.75) is 52.2 Å². The number of fused-ring (bicyclic) bond motifs is 1. The molecule has 0 aliphatic rings. The average Bonchev–Trinajstić information content (AvgIpc) is 3.13. The molecule has 3 rings (SSSR count). The van der Waals surface area contributed by atoms with Gasteiger partial charge in [0.2, 0.25) is 5.95 Å². The zero-order valence-corrected chi connectivity index (χ0v) is 17.6. The normalized spacial score (nSPS) is 12.4. The summed E-state index contributed by atoms with van der Waals surface area (Å²) in [7, 11) is 1.94. The van der Waals surface area contributed by atoms with E-state index in [4.69, 9.17) is 10.5 Å². The summed E-state index contributed by atoms with van der Waals surface area (Å²) < 4.78 is 7.87. The van der Waals surface area contributed by atoms with Crippen LogP contribution in [-0.2, 0) is 6.54 Å². The van der Waals surface area contributed by atoms with Gasteiger partial charge in [-0.15, -0.1) is 0 Å². The van der Waals surface area contributed by atoms with E-state index in [1.54, 1.807) is 4.52 Å². The lowest BCUT2D eigenvalue weighted by Gasteiger charge is -2.17. The Morgan fingerprint density at radius 1 is 1.24 bits per heavy atom. The summed E-state index contributed by atoms with van der Waals surface area (Å²) in [5.41, 5.74) is 9.52. The molecular formula is C21H31N7O. The Kier molecular flexibility index (Phi) is 6.87. The third kappa shape index (κ3) is 5.14. The van der Waals surface area contributed by atoms with Crippen molar-refractivity contribution < 1.29 is 4.74 Å². The molecule has 8 heteroatoms. The van der Waals surface area contributed by atoms with E-state index >= 15 is 0 Å². The lowest BCUT2D eigenvalue weighted by molar-refractivity contribution is 0.171.